The first-order chi connectivity index (χ1) is 11.1. The highest BCUT2D eigenvalue weighted by atomic mass is 16.4. The summed E-state index contributed by atoms with van der Waals surface area (Å²) in [6.07, 6.45) is 2.80. The van der Waals surface area contributed by atoms with Gasteiger partial charge in [0.05, 0.1) is 5.56 Å². The monoisotopic (exact) mass is 308 g/mol. The highest BCUT2D eigenvalue weighted by Crippen LogP contribution is 2.12. The number of carboxylic acid groups (broad SMARTS) is 1. The Morgan fingerprint density at radius 1 is 1.22 bits per heavy atom. The second-order valence-corrected chi connectivity index (χ2v) is 4.37. The molecule has 0 aliphatic carbocycles. The number of nitrogens with one attached hydrogen (secondary N) is 2. The molecule has 0 aliphatic rings. The molecule has 0 unspecified atom stereocenters. The van der Waals surface area contributed by atoms with Crippen LogP contribution in [0.2, 0.25) is 0 Å². The average Bonchev–Trinajstić information content (AvgIpc) is 2.56. The number of rotatable bonds is 5. The van der Waals surface area contributed by atoms with Crippen LogP contribution >= 0.6 is 0 Å². The van der Waals surface area contributed by atoms with Crippen LogP contribution in [0.25, 0.3) is 0 Å². The Balaban J connectivity index is 2.10. The van der Waals surface area contributed by atoms with Crippen molar-refractivity contribution in [3.63, 3.8) is 0 Å². The van der Waals surface area contributed by atoms with E-state index in [9.17, 15) is 9.59 Å². The number of aromatic nitrogens is 1. The van der Waals surface area contributed by atoms with Gasteiger partial charge in [0.2, 0.25) is 0 Å². The van der Waals surface area contributed by atoms with Crippen LogP contribution in [-0.4, -0.2) is 22.0 Å². The van der Waals surface area contributed by atoms with Crippen LogP contribution in [0, 0.1) is 11.3 Å². The van der Waals surface area contributed by atoms with Gasteiger partial charge in [0.25, 0.3) is 5.91 Å². The fourth-order valence-corrected chi connectivity index (χ4v) is 1.67. The number of nitriles is 1. The van der Waals surface area contributed by atoms with Crippen LogP contribution in [0.4, 0.5) is 11.5 Å². The number of carbonyl (C=O) groups excluding carboxylic acids is 1. The summed E-state index contributed by atoms with van der Waals surface area (Å²) in [5.74, 6) is -1.27. The fourth-order valence-electron chi connectivity index (χ4n) is 1.67. The van der Waals surface area contributed by atoms with E-state index in [0.717, 1.165) is 0 Å². The molecule has 1 heterocycles. The third kappa shape index (κ3) is 4.41. The number of anilines is 2. The summed E-state index contributed by atoms with van der Waals surface area (Å²) < 4.78 is 0. The lowest BCUT2D eigenvalue weighted by Crippen LogP contribution is -2.15. The molecule has 0 bridgehead atoms. The second kappa shape index (κ2) is 7.38. The van der Waals surface area contributed by atoms with Crippen molar-refractivity contribution in [1.29, 1.82) is 5.26 Å². The summed E-state index contributed by atoms with van der Waals surface area (Å²) in [5, 5.41) is 23.2. The summed E-state index contributed by atoms with van der Waals surface area (Å²) in [6.45, 7) is 0. The van der Waals surface area contributed by atoms with Crippen molar-refractivity contribution >= 4 is 23.4 Å². The molecule has 0 saturated carbocycles. The molecule has 1 aromatic heterocycles. The maximum Gasteiger partial charge on any atom is 0.335 e. The van der Waals surface area contributed by atoms with Gasteiger partial charge in [0.1, 0.15) is 17.5 Å². The molecule has 7 heteroatoms. The number of aromatic carboxylic acids is 1. The Morgan fingerprint density at radius 2 is 2.04 bits per heavy atom. The van der Waals surface area contributed by atoms with E-state index < -0.39 is 11.9 Å². The van der Waals surface area contributed by atoms with Gasteiger partial charge in [-0.2, -0.15) is 5.26 Å². The van der Waals surface area contributed by atoms with Crippen LogP contribution in [0.1, 0.15) is 10.4 Å². The van der Waals surface area contributed by atoms with Crippen molar-refractivity contribution in [1.82, 2.24) is 4.98 Å². The molecule has 3 N–H and O–H groups in total. The van der Waals surface area contributed by atoms with Crippen LogP contribution in [0.15, 0.2) is 60.4 Å². The minimum absolute atomic E-state index is 0.0388. The van der Waals surface area contributed by atoms with Gasteiger partial charge < -0.3 is 15.7 Å². The van der Waals surface area contributed by atoms with Gasteiger partial charge in [-0.15, -0.1) is 0 Å². The summed E-state index contributed by atoms with van der Waals surface area (Å²) in [7, 11) is 0. The van der Waals surface area contributed by atoms with Crippen LogP contribution in [0.3, 0.4) is 0 Å². The van der Waals surface area contributed by atoms with E-state index in [1.807, 2.05) is 0 Å². The van der Waals surface area contributed by atoms with E-state index in [-0.39, 0.29) is 16.8 Å². The second-order valence-electron chi connectivity index (χ2n) is 4.37. The van der Waals surface area contributed by atoms with Crippen LogP contribution in [-0.2, 0) is 4.79 Å². The molecule has 23 heavy (non-hydrogen) atoms. The smallest absolute Gasteiger partial charge is 0.335 e. The molecule has 0 spiro atoms. The van der Waals surface area contributed by atoms with Crippen molar-refractivity contribution in [2.75, 3.05) is 10.6 Å². The summed E-state index contributed by atoms with van der Waals surface area (Å²) in [4.78, 5) is 26.9. The number of hydrogen-bond acceptors (Lipinski definition) is 5. The van der Waals surface area contributed by atoms with Crippen LogP contribution < -0.4 is 10.6 Å². The molecular weight excluding hydrogens is 296 g/mol. The first-order valence-electron chi connectivity index (χ1n) is 6.52. The molecular formula is C16H12N4O3. The maximum atomic E-state index is 12.0. The Labute approximate surface area is 131 Å². The maximum absolute atomic E-state index is 12.0. The van der Waals surface area contributed by atoms with Crippen molar-refractivity contribution in [3.05, 3.63) is 66.0 Å². The molecule has 0 fully saturated rings. The number of amides is 1. The lowest BCUT2D eigenvalue weighted by Gasteiger charge is -2.05. The van der Waals surface area contributed by atoms with Crippen molar-refractivity contribution in [2.24, 2.45) is 0 Å². The van der Waals surface area contributed by atoms with Crippen molar-refractivity contribution in [3.8, 4) is 6.07 Å². The molecule has 114 valence electrons. The zero-order chi connectivity index (χ0) is 16.7. The molecule has 0 saturated heterocycles. The van der Waals surface area contributed by atoms with E-state index >= 15 is 0 Å². The zero-order valence-electron chi connectivity index (χ0n) is 11.9. The highest BCUT2D eigenvalue weighted by molar-refractivity contribution is 6.07. The lowest BCUT2D eigenvalue weighted by molar-refractivity contribution is -0.112. The number of carbonyl (C=O) groups is 2. The van der Waals surface area contributed by atoms with Gasteiger partial charge in [-0.3, -0.25) is 4.79 Å². The molecule has 0 radical (unpaired) electrons. The molecule has 1 amide bonds. The predicted octanol–water partition coefficient (Wildman–Crippen LogP) is 2.24. The Bertz CT molecular complexity index is 794. The van der Waals surface area contributed by atoms with Crippen LogP contribution in [0.5, 0.6) is 0 Å². The third-order valence-corrected chi connectivity index (χ3v) is 2.76. The number of benzene rings is 1. The number of hydrogen-bond donors (Lipinski definition) is 3. The summed E-state index contributed by atoms with van der Waals surface area (Å²) in [5.41, 5.74) is 0.155. The minimum Gasteiger partial charge on any atom is -0.478 e. The van der Waals surface area contributed by atoms with E-state index in [4.69, 9.17) is 10.4 Å². The third-order valence-electron chi connectivity index (χ3n) is 2.76. The van der Waals surface area contributed by atoms with Crippen molar-refractivity contribution in [2.45, 2.75) is 0 Å². The molecule has 0 atom stereocenters. The van der Waals surface area contributed by atoms with E-state index in [1.54, 1.807) is 30.5 Å². The van der Waals surface area contributed by atoms with Gasteiger partial charge in [-0.25, -0.2) is 9.78 Å². The first-order valence-corrected chi connectivity index (χ1v) is 6.52. The first kappa shape index (κ1) is 15.7. The quantitative estimate of drug-likeness (QED) is 0.576. The average molecular weight is 308 g/mol. The SMILES string of the molecule is N#C/C(=C/Nc1ccccn1)C(=O)Nc1cccc(C(=O)O)c1. The largest absolute Gasteiger partial charge is 0.478 e. The topological polar surface area (TPSA) is 115 Å². The Hall–Kier alpha value is -3.66. The van der Waals surface area contributed by atoms with E-state index in [0.29, 0.717) is 5.82 Å². The van der Waals surface area contributed by atoms with Crippen molar-refractivity contribution < 1.29 is 14.7 Å². The van der Waals surface area contributed by atoms with Gasteiger partial charge in [-0.1, -0.05) is 12.1 Å². The molecule has 0 aliphatic heterocycles. The summed E-state index contributed by atoms with van der Waals surface area (Å²) >= 11 is 0. The standard InChI is InChI=1S/C16H12N4O3/c17-9-12(10-19-14-6-1-2-7-18-14)15(21)20-13-5-3-4-11(8-13)16(22)23/h1-8,10H,(H,18,19)(H,20,21)(H,22,23)/b12-10-. The lowest BCUT2D eigenvalue weighted by atomic mass is 10.2. The zero-order valence-corrected chi connectivity index (χ0v) is 11.9. The molecule has 7 nitrogen and oxygen atoms in total. The number of nitrogens with zero attached hydrogens (tertiary/aromatic N) is 2. The van der Waals surface area contributed by atoms with E-state index in [1.165, 1.54) is 30.5 Å². The normalized spacial score (nSPS) is 10.5. The number of pyridine rings is 1. The Morgan fingerprint density at radius 3 is 2.70 bits per heavy atom. The minimum atomic E-state index is -1.10. The highest BCUT2D eigenvalue weighted by Gasteiger charge is 2.10. The molecule has 1 aromatic carbocycles. The predicted molar refractivity (Wildman–Crippen MR) is 83.6 cm³/mol. The number of carboxylic acids is 1. The van der Waals surface area contributed by atoms with Gasteiger partial charge in [-0.05, 0) is 30.3 Å². The fraction of sp³-hybridized carbons (Fsp3) is 0. The Kier molecular flexibility index (Phi) is 5.04. The molecule has 2 rings (SSSR count). The van der Waals surface area contributed by atoms with Gasteiger partial charge in [0.15, 0.2) is 0 Å². The van der Waals surface area contributed by atoms with Gasteiger partial charge in [0, 0.05) is 18.1 Å². The summed E-state index contributed by atoms with van der Waals surface area (Å²) in [6, 6.07) is 12.7. The van der Waals surface area contributed by atoms with Gasteiger partial charge >= 0.3 is 5.97 Å². The molecule has 2 aromatic rings. The van der Waals surface area contributed by atoms with E-state index in [2.05, 4.69) is 15.6 Å².